The molecule has 1 atom stereocenters. The summed E-state index contributed by atoms with van der Waals surface area (Å²) >= 11 is 0. The van der Waals surface area contributed by atoms with Crippen LogP contribution in [-0.2, 0) is 12.7 Å². The van der Waals surface area contributed by atoms with E-state index < -0.39 is 23.8 Å². The van der Waals surface area contributed by atoms with Gasteiger partial charge in [-0.05, 0) is 72.7 Å². The summed E-state index contributed by atoms with van der Waals surface area (Å²) in [5, 5.41) is 13.1. The molecule has 1 saturated carbocycles. The SMILES string of the molecule is C[C@H](NC(=O)c1c(C2CC2)c2ccccc2n1Cc1cccc(C(F)(F)F)c1)c1ccc(C(=O)O)cc1. The van der Waals surface area contributed by atoms with Crippen LogP contribution in [0.3, 0.4) is 0 Å². The lowest BCUT2D eigenvalue weighted by Gasteiger charge is -2.18. The summed E-state index contributed by atoms with van der Waals surface area (Å²) in [6.45, 7) is 1.92. The van der Waals surface area contributed by atoms with Gasteiger partial charge in [-0.25, -0.2) is 4.79 Å². The van der Waals surface area contributed by atoms with Crippen molar-refractivity contribution >= 4 is 22.8 Å². The Morgan fingerprint density at radius 3 is 2.38 bits per heavy atom. The van der Waals surface area contributed by atoms with Crippen LogP contribution >= 0.6 is 0 Å². The molecule has 37 heavy (non-hydrogen) atoms. The Morgan fingerprint density at radius 2 is 1.73 bits per heavy atom. The van der Waals surface area contributed by atoms with Gasteiger partial charge in [0.15, 0.2) is 0 Å². The smallest absolute Gasteiger partial charge is 0.416 e. The van der Waals surface area contributed by atoms with Crippen LogP contribution in [0.25, 0.3) is 10.9 Å². The molecular weight excluding hydrogens is 481 g/mol. The van der Waals surface area contributed by atoms with Gasteiger partial charge in [-0.1, -0.05) is 42.5 Å². The molecular formula is C29H25F3N2O3. The Morgan fingerprint density at radius 1 is 1.03 bits per heavy atom. The van der Waals surface area contributed by atoms with Crippen molar-refractivity contribution in [3.05, 3.63) is 106 Å². The fourth-order valence-electron chi connectivity index (χ4n) is 4.82. The predicted molar refractivity (Wildman–Crippen MR) is 134 cm³/mol. The molecule has 1 fully saturated rings. The highest BCUT2D eigenvalue weighted by Gasteiger charge is 2.35. The molecule has 1 aliphatic rings. The molecule has 190 valence electrons. The van der Waals surface area contributed by atoms with Crippen molar-refractivity contribution in [2.45, 2.75) is 44.4 Å². The minimum atomic E-state index is -4.46. The number of rotatable bonds is 7. The molecule has 0 unspecified atom stereocenters. The molecule has 1 aromatic heterocycles. The number of carbonyl (C=O) groups is 2. The summed E-state index contributed by atoms with van der Waals surface area (Å²) < 4.78 is 41.9. The zero-order valence-electron chi connectivity index (χ0n) is 20.0. The number of benzene rings is 3. The summed E-state index contributed by atoms with van der Waals surface area (Å²) in [5.41, 5.74) is 2.79. The average molecular weight is 507 g/mol. The van der Waals surface area contributed by atoms with Crippen LogP contribution in [0, 0.1) is 0 Å². The standard InChI is InChI=1S/C29H25F3N2O3/c1-17(19-9-13-21(14-10-19)28(36)37)33-27(35)26-25(20-11-12-20)23-7-2-3-8-24(23)34(26)16-18-5-4-6-22(15-18)29(30,31)32/h2-10,13-15,17,20H,11-12,16H2,1H3,(H,33,35)(H,36,37)/t17-/m0/s1. The van der Waals surface area contributed by atoms with Gasteiger partial charge in [0.1, 0.15) is 5.69 Å². The minimum Gasteiger partial charge on any atom is -0.478 e. The van der Waals surface area contributed by atoms with Crippen molar-refractivity contribution in [1.82, 2.24) is 9.88 Å². The van der Waals surface area contributed by atoms with E-state index in [1.165, 1.54) is 18.2 Å². The maximum absolute atomic E-state index is 13.8. The minimum absolute atomic E-state index is 0.113. The molecule has 1 amide bonds. The largest absolute Gasteiger partial charge is 0.478 e. The van der Waals surface area contributed by atoms with E-state index in [0.717, 1.165) is 47.0 Å². The number of halogens is 3. The highest BCUT2D eigenvalue weighted by molar-refractivity contribution is 6.02. The summed E-state index contributed by atoms with van der Waals surface area (Å²) in [4.78, 5) is 24.9. The number of nitrogens with one attached hydrogen (secondary N) is 1. The van der Waals surface area contributed by atoms with Crippen molar-refractivity contribution in [2.24, 2.45) is 0 Å². The summed E-state index contributed by atoms with van der Waals surface area (Å²) in [6.07, 6.45) is -2.56. The number of alkyl halides is 3. The first-order chi connectivity index (χ1) is 17.6. The molecule has 0 bridgehead atoms. The van der Waals surface area contributed by atoms with E-state index in [9.17, 15) is 22.8 Å². The average Bonchev–Trinajstić information content (AvgIpc) is 3.66. The van der Waals surface area contributed by atoms with Crippen LogP contribution in [0.1, 0.15) is 74.8 Å². The molecule has 4 aromatic rings. The molecule has 3 aromatic carbocycles. The van der Waals surface area contributed by atoms with Gasteiger partial charge in [0.25, 0.3) is 5.91 Å². The molecule has 5 nitrogen and oxygen atoms in total. The number of aromatic nitrogens is 1. The maximum Gasteiger partial charge on any atom is 0.416 e. The lowest BCUT2D eigenvalue weighted by molar-refractivity contribution is -0.137. The number of nitrogens with zero attached hydrogens (tertiary/aromatic N) is 1. The van der Waals surface area contributed by atoms with Crippen molar-refractivity contribution in [1.29, 1.82) is 0 Å². The number of amides is 1. The number of fused-ring (bicyclic) bond motifs is 1. The fraction of sp³-hybridized carbons (Fsp3) is 0.241. The quantitative estimate of drug-likeness (QED) is 0.290. The Labute approximate surface area is 211 Å². The first kappa shape index (κ1) is 24.6. The van der Waals surface area contributed by atoms with Gasteiger partial charge in [0.05, 0.1) is 17.2 Å². The highest BCUT2D eigenvalue weighted by Crippen LogP contribution is 2.46. The predicted octanol–water partition coefficient (Wildman–Crippen LogP) is 6.78. The number of carbonyl (C=O) groups excluding carboxylic acids is 1. The summed E-state index contributed by atoms with van der Waals surface area (Å²) in [5.74, 6) is -1.13. The molecule has 5 rings (SSSR count). The third kappa shape index (κ3) is 4.96. The highest BCUT2D eigenvalue weighted by atomic mass is 19.4. The van der Waals surface area contributed by atoms with Gasteiger partial charge >= 0.3 is 12.1 Å². The van der Waals surface area contributed by atoms with E-state index >= 15 is 0 Å². The van der Waals surface area contributed by atoms with E-state index in [-0.39, 0.29) is 23.9 Å². The molecule has 1 heterocycles. The molecule has 2 N–H and O–H groups in total. The number of hydrogen-bond acceptors (Lipinski definition) is 2. The number of aromatic carboxylic acids is 1. The van der Waals surface area contributed by atoms with Crippen molar-refractivity contribution in [3.8, 4) is 0 Å². The van der Waals surface area contributed by atoms with Crippen LogP contribution in [0.5, 0.6) is 0 Å². The van der Waals surface area contributed by atoms with Gasteiger partial charge in [0.2, 0.25) is 0 Å². The van der Waals surface area contributed by atoms with Crippen LogP contribution in [0.15, 0.2) is 72.8 Å². The van der Waals surface area contributed by atoms with E-state index in [2.05, 4.69) is 5.32 Å². The third-order valence-corrected chi connectivity index (χ3v) is 6.81. The molecule has 0 aliphatic heterocycles. The normalized spacial score (nSPS) is 14.5. The van der Waals surface area contributed by atoms with Crippen molar-refractivity contribution in [2.75, 3.05) is 0 Å². The third-order valence-electron chi connectivity index (χ3n) is 6.81. The van der Waals surface area contributed by atoms with Crippen LogP contribution in [0.2, 0.25) is 0 Å². The number of para-hydroxylation sites is 1. The van der Waals surface area contributed by atoms with Gasteiger partial charge in [-0.15, -0.1) is 0 Å². The monoisotopic (exact) mass is 506 g/mol. The van der Waals surface area contributed by atoms with Gasteiger partial charge < -0.3 is 15.0 Å². The van der Waals surface area contributed by atoms with Gasteiger partial charge in [-0.3, -0.25) is 4.79 Å². The van der Waals surface area contributed by atoms with E-state index in [1.54, 1.807) is 18.2 Å². The second-order valence-corrected chi connectivity index (χ2v) is 9.46. The lowest BCUT2D eigenvalue weighted by atomic mass is 10.0. The number of hydrogen-bond donors (Lipinski definition) is 2. The first-order valence-corrected chi connectivity index (χ1v) is 12.0. The van der Waals surface area contributed by atoms with Crippen molar-refractivity contribution < 1.29 is 27.9 Å². The Hall–Kier alpha value is -4.07. The molecule has 0 spiro atoms. The van der Waals surface area contributed by atoms with Crippen molar-refractivity contribution in [3.63, 3.8) is 0 Å². The topological polar surface area (TPSA) is 71.3 Å². The number of carboxylic acids is 1. The van der Waals surface area contributed by atoms with Crippen LogP contribution < -0.4 is 5.32 Å². The first-order valence-electron chi connectivity index (χ1n) is 12.0. The zero-order chi connectivity index (χ0) is 26.3. The van der Waals surface area contributed by atoms with Gasteiger partial charge in [0, 0.05) is 17.4 Å². The van der Waals surface area contributed by atoms with E-state index in [1.807, 2.05) is 35.8 Å². The van der Waals surface area contributed by atoms with E-state index in [4.69, 9.17) is 5.11 Å². The van der Waals surface area contributed by atoms with E-state index in [0.29, 0.717) is 11.3 Å². The van der Waals surface area contributed by atoms with Gasteiger partial charge in [-0.2, -0.15) is 13.2 Å². The molecule has 1 aliphatic carbocycles. The maximum atomic E-state index is 13.8. The fourth-order valence-corrected chi connectivity index (χ4v) is 4.82. The Bertz CT molecular complexity index is 1480. The second-order valence-electron chi connectivity index (χ2n) is 9.46. The summed E-state index contributed by atoms with van der Waals surface area (Å²) in [6, 6.07) is 18.7. The lowest BCUT2D eigenvalue weighted by Crippen LogP contribution is -2.29. The number of carboxylic acid groups (broad SMARTS) is 1. The molecule has 8 heteroatoms. The second kappa shape index (κ2) is 9.42. The van der Waals surface area contributed by atoms with Crippen LogP contribution in [-0.4, -0.2) is 21.6 Å². The zero-order valence-corrected chi connectivity index (χ0v) is 20.0. The Kier molecular flexibility index (Phi) is 6.27. The molecule has 0 radical (unpaired) electrons. The Balaban J connectivity index is 1.54. The summed E-state index contributed by atoms with van der Waals surface area (Å²) in [7, 11) is 0. The molecule has 0 saturated heterocycles. The van der Waals surface area contributed by atoms with Crippen LogP contribution in [0.4, 0.5) is 13.2 Å².